The third-order valence-electron chi connectivity index (χ3n) is 2.73. The third-order valence-corrected chi connectivity index (χ3v) is 2.73. The zero-order valence-corrected chi connectivity index (χ0v) is 11.0. The highest BCUT2D eigenvalue weighted by Gasteiger charge is 2.11. The first-order valence-corrected chi connectivity index (χ1v) is 6.48. The largest absolute Gasteiger partial charge is 0.377 e. The smallest absolute Gasteiger partial charge is 0.0722 e. The molecule has 0 bridgehead atoms. The van der Waals surface area contributed by atoms with E-state index in [4.69, 9.17) is 4.74 Å². The van der Waals surface area contributed by atoms with E-state index in [1.807, 2.05) is 7.05 Å². The lowest BCUT2D eigenvalue weighted by atomic mass is 10.1. The molecule has 0 aromatic rings. The Hall–Kier alpha value is -0.0800. The van der Waals surface area contributed by atoms with E-state index >= 15 is 0 Å². The lowest BCUT2D eigenvalue weighted by Gasteiger charge is -2.21. The summed E-state index contributed by atoms with van der Waals surface area (Å²) in [5.41, 5.74) is 0. The summed E-state index contributed by atoms with van der Waals surface area (Å²) < 4.78 is 5.86. The average molecular weight is 215 g/mol. The lowest BCUT2D eigenvalue weighted by Crippen LogP contribution is -2.31. The summed E-state index contributed by atoms with van der Waals surface area (Å²) in [5.74, 6) is 0.605. The topological polar surface area (TPSA) is 21.3 Å². The Morgan fingerprint density at radius 3 is 2.27 bits per heavy atom. The van der Waals surface area contributed by atoms with Crippen LogP contribution in [0.2, 0.25) is 0 Å². The molecular formula is C13H29NO. The number of hydrogen-bond acceptors (Lipinski definition) is 2. The first-order chi connectivity index (χ1) is 7.22. The quantitative estimate of drug-likeness (QED) is 0.565. The van der Waals surface area contributed by atoms with Gasteiger partial charge in [-0.05, 0) is 19.4 Å². The van der Waals surface area contributed by atoms with Crippen molar-refractivity contribution >= 4 is 0 Å². The Bertz CT molecular complexity index is 126. The standard InChI is InChI=1S/C13H29NO/c1-5-6-7-8-9-10-15-13(11-14-4)12(2)3/h12-14H,5-11H2,1-4H3. The van der Waals surface area contributed by atoms with Crippen molar-refractivity contribution in [1.29, 1.82) is 0 Å². The summed E-state index contributed by atoms with van der Waals surface area (Å²) in [4.78, 5) is 0. The van der Waals surface area contributed by atoms with Gasteiger partial charge in [0.1, 0.15) is 0 Å². The molecule has 15 heavy (non-hydrogen) atoms. The van der Waals surface area contributed by atoms with E-state index < -0.39 is 0 Å². The molecule has 0 aliphatic carbocycles. The number of rotatable bonds is 10. The third kappa shape index (κ3) is 8.88. The van der Waals surface area contributed by atoms with E-state index in [0.717, 1.165) is 13.2 Å². The van der Waals surface area contributed by atoms with Gasteiger partial charge in [-0.15, -0.1) is 0 Å². The Morgan fingerprint density at radius 1 is 1.07 bits per heavy atom. The van der Waals surface area contributed by atoms with Gasteiger partial charge in [-0.25, -0.2) is 0 Å². The molecule has 0 saturated heterocycles. The second kappa shape index (κ2) is 10.4. The molecule has 2 heteroatoms. The van der Waals surface area contributed by atoms with Crippen molar-refractivity contribution in [1.82, 2.24) is 5.32 Å². The summed E-state index contributed by atoms with van der Waals surface area (Å²) in [6, 6.07) is 0. The minimum absolute atomic E-state index is 0.376. The molecule has 1 N–H and O–H groups in total. The molecule has 1 atom stereocenters. The predicted octanol–water partition coefficient (Wildman–Crippen LogP) is 3.22. The number of likely N-dealkylation sites (N-methyl/N-ethyl adjacent to an activating group) is 1. The van der Waals surface area contributed by atoms with Gasteiger partial charge in [0.25, 0.3) is 0 Å². The fourth-order valence-corrected chi connectivity index (χ4v) is 1.63. The number of hydrogen-bond donors (Lipinski definition) is 1. The molecule has 0 spiro atoms. The van der Waals surface area contributed by atoms with Crippen LogP contribution in [0.3, 0.4) is 0 Å². The Morgan fingerprint density at radius 2 is 1.73 bits per heavy atom. The van der Waals surface area contributed by atoms with E-state index in [1.165, 1.54) is 32.1 Å². The van der Waals surface area contributed by atoms with Crippen LogP contribution < -0.4 is 5.32 Å². The monoisotopic (exact) mass is 215 g/mol. The van der Waals surface area contributed by atoms with Crippen molar-refractivity contribution in [2.45, 2.75) is 59.0 Å². The fourth-order valence-electron chi connectivity index (χ4n) is 1.63. The van der Waals surface area contributed by atoms with Gasteiger partial charge in [-0.3, -0.25) is 0 Å². The maximum absolute atomic E-state index is 5.86. The SMILES string of the molecule is CCCCCCCOC(CNC)C(C)C. The minimum atomic E-state index is 0.376. The van der Waals surface area contributed by atoms with Gasteiger partial charge in [0.15, 0.2) is 0 Å². The van der Waals surface area contributed by atoms with Crippen LogP contribution in [0.15, 0.2) is 0 Å². The summed E-state index contributed by atoms with van der Waals surface area (Å²) in [5, 5.41) is 3.19. The normalized spacial score (nSPS) is 13.4. The van der Waals surface area contributed by atoms with Crippen molar-refractivity contribution in [3.8, 4) is 0 Å². The van der Waals surface area contributed by atoms with Crippen LogP contribution >= 0.6 is 0 Å². The first kappa shape index (κ1) is 14.9. The highest BCUT2D eigenvalue weighted by Crippen LogP contribution is 2.08. The number of ether oxygens (including phenoxy) is 1. The maximum atomic E-state index is 5.86. The molecule has 0 aliphatic rings. The Kier molecular flexibility index (Phi) is 10.4. The van der Waals surface area contributed by atoms with Gasteiger partial charge in [-0.1, -0.05) is 46.5 Å². The van der Waals surface area contributed by atoms with Gasteiger partial charge in [0, 0.05) is 13.2 Å². The van der Waals surface area contributed by atoms with Gasteiger partial charge < -0.3 is 10.1 Å². The molecular weight excluding hydrogens is 186 g/mol. The predicted molar refractivity (Wildman–Crippen MR) is 67.3 cm³/mol. The van der Waals surface area contributed by atoms with Crippen LogP contribution in [-0.4, -0.2) is 26.3 Å². The molecule has 0 aromatic heterocycles. The van der Waals surface area contributed by atoms with Gasteiger partial charge in [-0.2, -0.15) is 0 Å². The van der Waals surface area contributed by atoms with Crippen molar-refractivity contribution in [2.24, 2.45) is 5.92 Å². The summed E-state index contributed by atoms with van der Waals surface area (Å²) >= 11 is 0. The summed E-state index contributed by atoms with van der Waals surface area (Å²) in [6.45, 7) is 8.58. The Labute approximate surface area is 95.8 Å². The molecule has 0 fully saturated rings. The van der Waals surface area contributed by atoms with Crippen molar-refractivity contribution < 1.29 is 4.74 Å². The summed E-state index contributed by atoms with van der Waals surface area (Å²) in [7, 11) is 1.99. The minimum Gasteiger partial charge on any atom is -0.377 e. The van der Waals surface area contributed by atoms with Crippen LogP contribution in [-0.2, 0) is 4.74 Å². The molecule has 0 radical (unpaired) electrons. The van der Waals surface area contributed by atoms with Gasteiger partial charge in [0.2, 0.25) is 0 Å². The molecule has 92 valence electrons. The lowest BCUT2D eigenvalue weighted by molar-refractivity contribution is 0.0220. The average Bonchev–Trinajstić information content (AvgIpc) is 2.21. The van der Waals surface area contributed by atoms with Crippen molar-refractivity contribution in [3.05, 3.63) is 0 Å². The molecule has 0 aromatic carbocycles. The molecule has 1 unspecified atom stereocenters. The molecule has 2 nitrogen and oxygen atoms in total. The Balaban J connectivity index is 3.37. The van der Waals surface area contributed by atoms with Crippen LogP contribution in [0, 0.1) is 5.92 Å². The fraction of sp³-hybridized carbons (Fsp3) is 1.00. The molecule has 0 amide bonds. The summed E-state index contributed by atoms with van der Waals surface area (Å²) in [6.07, 6.45) is 6.95. The van der Waals surface area contributed by atoms with Crippen LogP contribution in [0.5, 0.6) is 0 Å². The number of unbranched alkanes of at least 4 members (excludes halogenated alkanes) is 4. The molecule has 0 saturated carbocycles. The second-order valence-corrected chi connectivity index (χ2v) is 4.63. The van der Waals surface area contributed by atoms with E-state index in [1.54, 1.807) is 0 Å². The van der Waals surface area contributed by atoms with E-state index in [9.17, 15) is 0 Å². The van der Waals surface area contributed by atoms with Crippen LogP contribution in [0.4, 0.5) is 0 Å². The zero-order valence-electron chi connectivity index (χ0n) is 11.0. The van der Waals surface area contributed by atoms with Crippen LogP contribution in [0.1, 0.15) is 52.9 Å². The van der Waals surface area contributed by atoms with E-state index in [0.29, 0.717) is 12.0 Å². The van der Waals surface area contributed by atoms with Gasteiger partial charge >= 0.3 is 0 Å². The first-order valence-electron chi connectivity index (χ1n) is 6.48. The molecule has 0 heterocycles. The van der Waals surface area contributed by atoms with E-state index in [2.05, 4.69) is 26.1 Å². The zero-order chi connectivity index (χ0) is 11.5. The number of nitrogens with one attached hydrogen (secondary N) is 1. The van der Waals surface area contributed by atoms with Crippen LogP contribution in [0.25, 0.3) is 0 Å². The van der Waals surface area contributed by atoms with Gasteiger partial charge in [0.05, 0.1) is 6.10 Å². The molecule has 0 rings (SSSR count). The maximum Gasteiger partial charge on any atom is 0.0722 e. The molecule has 0 aliphatic heterocycles. The van der Waals surface area contributed by atoms with Crippen molar-refractivity contribution in [3.63, 3.8) is 0 Å². The highest BCUT2D eigenvalue weighted by atomic mass is 16.5. The van der Waals surface area contributed by atoms with E-state index in [-0.39, 0.29) is 0 Å². The highest BCUT2D eigenvalue weighted by molar-refractivity contribution is 4.64. The van der Waals surface area contributed by atoms with Crippen molar-refractivity contribution in [2.75, 3.05) is 20.2 Å². The second-order valence-electron chi connectivity index (χ2n) is 4.63.